The van der Waals surface area contributed by atoms with E-state index in [1.807, 2.05) is 35.2 Å². The number of ether oxygens (including phenoxy) is 1. The lowest BCUT2D eigenvalue weighted by Crippen LogP contribution is -2.51. The summed E-state index contributed by atoms with van der Waals surface area (Å²) in [6.45, 7) is 11.7. The number of carbonyl (C=O) groups is 2. The van der Waals surface area contributed by atoms with Gasteiger partial charge in [0.25, 0.3) is 0 Å². The van der Waals surface area contributed by atoms with Crippen LogP contribution in [0, 0.1) is 5.41 Å². The molecule has 0 spiro atoms. The second-order valence-electron chi connectivity index (χ2n) is 10.6. The SMILES string of the molecule is C=CCC(CC)(CC)CC(=O)NCC(=O)N1CCN(Cc2ccccc2OCc2ccc(S(=O)(=O)NC)cc2)CC1. The monoisotopic (exact) mass is 584 g/mol. The number of nitrogens with one attached hydrogen (secondary N) is 2. The van der Waals surface area contributed by atoms with Crippen molar-refractivity contribution in [2.45, 2.75) is 57.6 Å². The van der Waals surface area contributed by atoms with Gasteiger partial charge in [-0.15, -0.1) is 6.58 Å². The second-order valence-corrected chi connectivity index (χ2v) is 12.4. The molecule has 2 N–H and O–H groups in total. The number of carbonyl (C=O) groups excluding carboxylic acids is 2. The van der Waals surface area contributed by atoms with Crippen molar-refractivity contribution in [3.63, 3.8) is 0 Å². The molecule has 2 aromatic rings. The number of hydrogen-bond donors (Lipinski definition) is 2. The Hall–Kier alpha value is -3.21. The molecule has 1 fully saturated rings. The molecule has 224 valence electrons. The number of rotatable bonds is 15. The van der Waals surface area contributed by atoms with Crippen molar-refractivity contribution < 1.29 is 22.7 Å². The molecule has 2 aromatic carbocycles. The van der Waals surface area contributed by atoms with Gasteiger partial charge < -0.3 is 15.0 Å². The van der Waals surface area contributed by atoms with E-state index in [1.165, 1.54) is 7.05 Å². The van der Waals surface area contributed by atoms with Crippen LogP contribution in [0.5, 0.6) is 5.75 Å². The number of allylic oxidation sites excluding steroid dienone is 1. The third-order valence-electron chi connectivity index (χ3n) is 8.04. The summed E-state index contributed by atoms with van der Waals surface area (Å²) < 4.78 is 32.3. The molecule has 1 aliphatic heterocycles. The average molecular weight is 585 g/mol. The highest BCUT2D eigenvalue weighted by Crippen LogP contribution is 2.34. The Kier molecular flexibility index (Phi) is 11.9. The number of benzene rings is 2. The summed E-state index contributed by atoms with van der Waals surface area (Å²) in [5, 5.41) is 2.83. The molecule has 1 aliphatic rings. The average Bonchev–Trinajstić information content (AvgIpc) is 2.99. The number of amides is 2. The lowest BCUT2D eigenvalue weighted by atomic mass is 9.76. The number of sulfonamides is 1. The van der Waals surface area contributed by atoms with Gasteiger partial charge in [-0.2, -0.15) is 0 Å². The lowest BCUT2D eigenvalue weighted by Gasteiger charge is -2.35. The summed E-state index contributed by atoms with van der Waals surface area (Å²) in [5.74, 6) is 0.628. The molecule has 9 nitrogen and oxygen atoms in total. The van der Waals surface area contributed by atoms with Crippen LogP contribution < -0.4 is 14.8 Å². The summed E-state index contributed by atoms with van der Waals surface area (Å²) in [7, 11) is -2.09. The minimum absolute atomic E-state index is 0.0228. The van der Waals surface area contributed by atoms with Gasteiger partial charge in [-0.25, -0.2) is 13.1 Å². The number of piperazine rings is 1. The molecule has 3 rings (SSSR count). The van der Waals surface area contributed by atoms with Gasteiger partial charge in [-0.1, -0.05) is 50.3 Å². The Bertz CT molecular complexity index is 1270. The van der Waals surface area contributed by atoms with E-state index in [0.717, 1.165) is 49.2 Å². The van der Waals surface area contributed by atoms with Gasteiger partial charge in [0.2, 0.25) is 21.8 Å². The molecule has 2 amide bonds. The van der Waals surface area contributed by atoms with Crippen molar-refractivity contribution in [3.8, 4) is 5.75 Å². The Balaban J connectivity index is 1.47. The van der Waals surface area contributed by atoms with Gasteiger partial charge in [0.1, 0.15) is 12.4 Å². The quantitative estimate of drug-likeness (QED) is 0.309. The van der Waals surface area contributed by atoms with Crippen molar-refractivity contribution in [1.82, 2.24) is 19.8 Å². The van der Waals surface area contributed by atoms with Crippen molar-refractivity contribution in [3.05, 3.63) is 72.3 Å². The Morgan fingerprint density at radius 2 is 1.68 bits per heavy atom. The first kappa shape index (κ1) is 32.3. The van der Waals surface area contributed by atoms with E-state index in [9.17, 15) is 18.0 Å². The van der Waals surface area contributed by atoms with E-state index in [-0.39, 0.29) is 28.7 Å². The summed E-state index contributed by atoms with van der Waals surface area (Å²) >= 11 is 0. The molecule has 1 heterocycles. The first-order valence-corrected chi connectivity index (χ1v) is 15.7. The van der Waals surface area contributed by atoms with E-state index in [4.69, 9.17) is 4.74 Å². The van der Waals surface area contributed by atoms with Crippen molar-refractivity contribution >= 4 is 21.8 Å². The fourth-order valence-electron chi connectivity index (χ4n) is 5.07. The zero-order valence-electron chi connectivity index (χ0n) is 24.5. The van der Waals surface area contributed by atoms with E-state index in [0.29, 0.717) is 32.7 Å². The summed E-state index contributed by atoms with van der Waals surface area (Å²) in [6, 6.07) is 14.5. The van der Waals surface area contributed by atoms with Gasteiger partial charge in [0.05, 0.1) is 11.4 Å². The van der Waals surface area contributed by atoms with Gasteiger partial charge >= 0.3 is 0 Å². The van der Waals surface area contributed by atoms with Crippen LogP contribution in [0.3, 0.4) is 0 Å². The van der Waals surface area contributed by atoms with E-state index in [1.54, 1.807) is 24.3 Å². The van der Waals surface area contributed by atoms with Crippen LogP contribution in [0.1, 0.15) is 50.7 Å². The molecular formula is C31H44N4O5S. The maximum absolute atomic E-state index is 12.8. The minimum atomic E-state index is -3.48. The predicted octanol–water partition coefficient (Wildman–Crippen LogP) is 3.71. The lowest BCUT2D eigenvalue weighted by molar-refractivity contribution is -0.134. The summed E-state index contributed by atoms with van der Waals surface area (Å²) in [5.41, 5.74) is 1.81. The minimum Gasteiger partial charge on any atom is -0.489 e. The van der Waals surface area contributed by atoms with E-state index < -0.39 is 10.0 Å². The second kappa shape index (κ2) is 15.1. The summed E-state index contributed by atoms with van der Waals surface area (Å²) in [4.78, 5) is 29.7. The number of para-hydroxylation sites is 1. The first-order chi connectivity index (χ1) is 19.6. The predicted molar refractivity (Wildman–Crippen MR) is 161 cm³/mol. The van der Waals surface area contributed by atoms with Crippen LogP contribution >= 0.6 is 0 Å². The zero-order chi connectivity index (χ0) is 29.9. The molecule has 0 aromatic heterocycles. The van der Waals surface area contributed by atoms with Crippen molar-refractivity contribution in [2.24, 2.45) is 5.41 Å². The highest BCUT2D eigenvalue weighted by atomic mass is 32.2. The van der Waals surface area contributed by atoms with Gasteiger partial charge in [-0.05, 0) is 55.5 Å². The summed E-state index contributed by atoms with van der Waals surface area (Å²) in [6.07, 6.45) is 4.84. The third-order valence-corrected chi connectivity index (χ3v) is 9.47. The molecule has 0 unspecified atom stereocenters. The standard InChI is InChI=1S/C31H44N4O5S/c1-5-16-31(6-2,7-3)21-29(36)33-22-30(37)35-19-17-34(18-20-35)23-26-10-8-9-11-28(26)40-24-25-12-14-27(15-13-25)41(38,39)32-4/h5,8-15,32H,1,6-7,16-24H2,2-4H3,(H,33,36). The van der Waals surface area contributed by atoms with Crippen LogP contribution in [0.15, 0.2) is 66.1 Å². The van der Waals surface area contributed by atoms with Crippen LogP contribution in [0.4, 0.5) is 0 Å². The molecule has 41 heavy (non-hydrogen) atoms. The van der Waals surface area contributed by atoms with Gasteiger partial charge in [0, 0.05) is 44.7 Å². The molecule has 0 radical (unpaired) electrons. The molecule has 0 aliphatic carbocycles. The molecule has 1 saturated heterocycles. The zero-order valence-corrected chi connectivity index (χ0v) is 25.3. The van der Waals surface area contributed by atoms with Crippen LogP contribution in [0.25, 0.3) is 0 Å². The van der Waals surface area contributed by atoms with Crippen molar-refractivity contribution in [1.29, 1.82) is 0 Å². The molecule has 10 heteroatoms. The maximum atomic E-state index is 12.8. The van der Waals surface area contributed by atoms with Crippen LogP contribution in [0.2, 0.25) is 0 Å². The van der Waals surface area contributed by atoms with Crippen LogP contribution in [-0.2, 0) is 32.8 Å². The highest BCUT2D eigenvalue weighted by Gasteiger charge is 2.28. The normalized spacial score (nSPS) is 14.5. The number of hydrogen-bond acceptors (Lipinski definition) is 6. The van der Waals surface area contributed by atoms with E-state index in [2.05, 4.69) is 35.4 Å². The fraction of sp³-hybridized carbons (Fsp3) is 0.484. The van der Waals surface area contributed by atoms with E-state index >= 15 is 0 Å². The van der Waals surface area contributed by atoms with Gasteiger partial charge in [0.15, 0.2) is 0 Å². The highest BCUT2D eigenvalue weighted by molar-refractivity contribution is 7.89. The smallest absolute Gasteiger partial charge is 0.242 e. The first-order valence-electron chi connectivity index (χ1n) is 14.3. The Morgan fingerprint density at radius 1 is 1.02 bits per heavy atom. The molecular weight excluding hydrogens is 540 g/mol. The molecule has 0 bridgehead atoms. The fourth-order valence-corrected chi connectivity index (χ4v) is 5.80. The number of nitrogens with zero attached hydrogens (tertiary/aromatic N) is 2. The Morgan fingerprint density at radius 3 is 2.29 bits per heavy atom. The largest absolute Gasteiger partial charge is 0.489 e. The third kappa shape index (κ3) is 9.14. The van der Waals surface area contributed by atoms with Gasteiger partial charge in [-0.3, -0.25) is 14.5 Å². The maximum Gasteiger partial charge on any atom is 0.242 e. The van der Waals surface area contributed by atoms with Crippen molar-refractivity contribution in [2.75, 3.05) is 39.8 Å². The topological polar surface area (TPSA) is 108 Å². The van der Waals surface area contributed by atoms with Crippen LogP contribution in [-0.4, -0.2) is 69.8 Å². The molecule has 0 saturated carbocycles. The molecule has 0 atom stereocenters. The Labute approximate surface area is 245 Å².